The second-order valence-corrected chi connectivity index (χ2v) is 5.33. The number of carbonyl (C=O) groups excluding carboxylic acids is 1. The van der Waals surface area contributed by atoms with Crippen molar-refractivity contribution in [3.63, 3.8) is 0 Å². The van der Waals surface area contributed by atoms with Gasteiger partial charge in [-0.2, -0.15) is 0 Å². The van der Waals surface area contributed by atoms with E-state index in [-0.39, 0.29) is 11.9 Å². The van der Waals surface area contributed by atoms with Crippen LogP contribution in [0.5, 0.6) is 0 Å². The van der Waals surface area contributed by atoms with Crippen molar-refractivity contribution in [1.82, 2.24) is 4.90 Å². The molecule has 0 spiro atoms. The molecule has 1 rings (SSSR count). The highest BCUT2D eigenvalue weighted by atomic mass is 16.5. The van der Waals surface area contributed by atoms with Gasteiger partial charge in [-0.1, -0.05) is 32.6 Å². The highest BCUT2D eigenvalue weighted by molar-refractivity contribution is 5.72. The van der Waals surface area contributed by atoms with Crippen LogP contribution in [0, 0.1) is 11.8 Å². The molecule has 1 fully saturated rings. The first kappa shape index (κ1) is 14.5. The van der Waals surface area contributed by atoms with Crippen LogP contribution in [0.2, 0.25) is 0 Å². The molecule has 1 aliphatic carbocycles. The van der Waals surface area contributed by atoms with Gasteiger partial charge in [0.25, 0.3) is 0 Å². The lowest BCUT2D eigenvalue weighted by molar-refractivity contribution is -0.146. The van der Waals surface area contributed by atoms with Crippen LogP contribution in [0.3, 0.4) is 0 Å². The molecule has 1 saturated carbocycles. The van der Waals surface area contributed by atoms with Gasteiger partial charge in [0.1, 0.15) is 0 Å². The minimum atomic E-state index is -0.0692. The molecule has 0 radical (unpaired) electrons. The van der Waals surface area contributed by atoms with E-state index in [2.05, 4.69) is 11.9 Å². The zero-order chi connectivity index (χ0) is 12.7. The number of rotatable bonds is 7. The quantitative estimate of drug-likeness (QED) is 0.642. The molecule has 0 amide bonds. The monoisotopic (exact) mass is 241 g/mol. The van der Waals surface area contributed by atoms with Gasteiger partial charge in [0.05, 0.1) is 13.0 Å². The molecule has 0 heterocycles. The van der Waals surface area contributed by atoms with Gasteiger partial charge in [0, 0.05) is 6.54 Å². The predicted molar refractivity (Wildman–Crippen MR) is 69.9 cm³/mol. The van der Waals surface area contributed by atoms with E-state index in [1.165, 1.54) is 39.2 Å². The zero-order valence-electron chi connectivity index (χ0n) is 11.6. The summed E-state index contributed by atoms with van der Waals surface area (Å²) in [6.45, 7) is 3.99. The lowest BCUT2D eigenvalue weighted by Crippen LogP contribution is -2.32. The number of nitrogens with zero attached hydrogens (tertiary/aromatic N) is 1. The topological polar surface area (TPSA) is 29.5 Å². The molecule has 1 atom stereocenters. The summed E-state index contributed by atoms with van der Waals surface area (Å²) >= 11 is 0. The van der Waals surface area contributed by atoms with Crippen molar-refractivity contribution in [3.8, 4) is 0 Å². The average molecular weight is 241 g/mol. The van der Waals surface area contributed by atoms with Gasteiger partial charge in [0.2, 0.25) is 0 Å². The van der Waals surface area contributed by atoms with Gasteiger partial charge in [-0.25, -0.2) is 0 Å². The van der Waals surface area contributed by atoms with Crippen LogP contribution >= 0.6 is 0 Å². The summed E-state index contributed by atoms with van der Waals surface area (Å²) in [5.74, 6) is 0.893. The molecule has 3 heteroatoms. The molecule has 0 aliphatic heterocycles. The smallest absolute Gasteiger partial charge is 0.309 e. The summed E-state index contributed by atoms with van der Waals surface area (Å²) in [5.41, 5.74) is 0. The Morgan fingerprint density at radius 3 is 2.59 bits per heavy atom. The van der Waals surface area contributed by atoms with Crippen molar-refractivity contribution in [2.75, 3.05) is 27.2 Å². The fraction of sp³-hybridized carbons (Fsp3) is 0.929. The molecule has 0 aromatic heterocycles. The van der Waals surface area contributed by atoms with E-state index in [0.29, 0.717) is 0 Å². The Labute approximate surface area is 106 Å². The van der Waals surface area contributed by atoms with Crippen molar-refractivity contribution in [1.29, 1.82) is 0 Å². The largest absolute Gasteiger partial charge is 0.469 e. The molecular formula is C14H27NO2. The maximum Gasteiger partial charge on any atom is 0.309 e. The molecule has 1 unspecified atom stereocenters. The number of hydrogen-bond acceptors (Lipinski definition) is 3. The maximum atomic E-state index is 11.5. The highest BCUT2D eigenvalue weighted by Gasteiger charge is 2.20. The van der Waals surface area contributed by atoms with Crippen LogP contribution in [0.4, 0.5) is 0 Å². The Hall–Kier alpha value is -0.570. The third kappa shape index (κ3) is 5.07. The minimum Gasteiger partial charge on any atom is -0.469 e. The summed E-state index contributed by atoms with van der Waals surface area (Å²) in [4.78, 5) is 13.8. The van der Waals surface area contributed by atoms with Crippen molar-refractivity contribution in [2.24, 2.45) is 11.8 Å². The van der Waals surface area contributed by atoms with Crippen LogP contribution in [0.15, 0.2) is 0 Å². The molecule has 0 N–H and O–H groups in total. The number of ether oxygens (including phenoxy) is 1. The molecular weight excluding hydrogens is 214 g/mol. The van der Waals surface area contributed by atoms with Crippen molar-refractivity contribution in [3.05, 3.63) is 0 Å². The van der Waals surface area contributed by atoms with Crippen LogP contribution in [0.25, 0.3) is 0 Å². The van der Waals surface area contributed by atoms with E-state index < -0.39 is 0 Å². The Balaban J connectivity index is 2.21. The van der Waals surface area contributed by atoms with Crippen LogP contribution in [0.1, 0.15) is 45.4 Å². The second kappa shape index (κ2) is 7.70. The number of esters is 1. The van der Waals surface area contributed by atoms with Gasteiger partial charge in [-0.15, -0.1) is 0 Å². The van der Waals surface area contributed by atoms with E-state index in [1.54, 1.807) is 0 Å². The molecule has 0 saturated heterocycles. The first-order valence-electron chi connectivity index (χ1n) is 6.93. The molecule has 17 heavy (non-hydrogen) atoms. The Bertz CT molecular complexity index is 224. The van der Waals surface area contributed by atoms with Crippen molar-refractivity contribution >= 4 is 5.97 Å². The lowest BCUT2D eigenvalue weighted by atomic mass is 10.0. The van der Waals surface area contributed by atoms with Gasteiger partial charge in [0.15, 0.2) is 0 Å². The molecule has 100 valence electrons. The first-order valence-corrected chi connectivity index (χ1v) is 6.93. The SMILES string of the molecule is CCC(CN(C)CCC1CCCC1)C(=O)OC. The third-order valence-electron chi connectivity index (χ3n) is 3.95. The number of carbonyl (C=O) groups is 1. The van der Waals surface area contributed by atoms with Crippen molar-refractivity contribution < 1.29 is 9.53 Å². The summed E-state index contributed by atoms with van der Waals surface area (Å²) in [7, 11) is 3.59. The van der Waals surface area contributed by atoms with E-state index in [1.807, 2.05) is 6.92 Å². The molecule has 3 nitrogen and oxygen atoms in total. The lowest BCUT2D eigenvalue weighted by Gasteiger charge is -2.22. The van der Waals surface area contributed by atoms with Crippen LogP contribution in [-0.2, 0) is 9.53 Å². The maximum absolute atomic E-state index is 11.5. The Morgan fingerprint density at radius 2 is 2.06 bits per heavy atom. The average Bonchev–Trinajstić information content (AvgIpc) is 2.85. The van der Waals surface area contributed by atoms with Crippen LogP contribution in [-0.4, -0.2) is 38.1 Å². The van der Waals surface area contributed by atoms with Gasteiger partial charge in [-0.3, -0.25) is 4.79 Å². The second-order valence-electron chi connectivity index (χ2n) is 5.33. The van der Waals surface area contributed by atoms with E-state index >= 15 is 0 Å². The summed E-state index contributed by atoms with van der Waals surface area (Å²) < 4.78 is 4.82. The zero-order valence-corrected chi connectivity index (χ0v) is 11.6. The summed E-state index contributed by atoms with van der Waals surface area (Å²) in [6.07, 6.45) is 7.78. The van der Waals surface area contributed by atoms with E-state index in [0.717, 1.165) is 25.4 Å². The molecule has 0 bridgehead atoms. The normalized spacial score (nSPS) is 18.6. The molecule has 0 aromatic rings. The molecule has 0 aromatic carbocycles. The van der Waals surface area contributed by atoms with Gasteiger partial charge >= 0.3 is 5.97 Å². The number of hydrogen-bond donors (Lipinski definition) is 0. The van der Waals surface area contributed by atoms with Gasteiger partial charge < -0.3 is 9.64 Å². The minimum absolute atomic E-state index is 0.0357. The number of methoxy groups -OCH3 is 1. The predicted octanol–water partition coefficient (Wildman–Crippen LogP) is 2.70. The fourth-order valence-electron chi connectivity index (χ4n) is 2.71. The fourth-order valence-corrected chi connectivity index (χ4v) is 2.71. The molecule has 1 aliphatic rings. The van der Waals surface area contributed by atoms with Gasteiger partial charge in [-0.05, 0) is 32.4 Å². The standard InChI is InChI=1S/C14H27NO2/c1-4-13(14(16)17-3)11-15(2)10-9-12-7-5-6-8-12/h12-13H,4-11H2,1-3H3. The summed E-state index contributed by atoms with van der Waals surface area (Å²) in [6, 6.07) is 0. The highest BCUT2D eigenvalue weighted by Crippen LogP contribution is 2.27. The Kier molecular flexibility index (Phi) is 6.56. The van der Waals surface area contributed by atoms with E-state index in [9.17, 15) is 4.79 Å². The Morgan fingerprint density at radius 1 is 1.41 bits per heavy atom. The van der Waals surface area contributed by atoms with Crippen molar-refractivity contribution in [2.45, 2.75) is 45.4 Å². The van der Waals surface area contributed by atoms with E-state index in [4.69, 9.17) is 4.74 Å². The first-order chi connectivity index (χ1) is 8.17. The van der Waals surface area contributed by atoms with Crippen LogP contribution < -0.4 is 0 Å². The third-order valence-corrected chi connectivity index (χ3v) is 3.95. The summed E-state index contributed by atoms with van der Waals surface area (Å²) in [5, 5.41) is 0.